The summed E-state index contributed by atoms with van der Waals surface area (Å²) in [6, 6.07) is 5.67. The minimum absolute atomic E-state index is 0.278. The number of aliphatic hydroxyl groups excluding tert-OH is 1. The fourth-order valence-corrected chi connectivity index (χ4v) is 2.88. The maximum absolute atomic E-state index is 11.6. The monoisotopic (exact) mass is 289 g/mol. The van der Waals surface area contributed by atoms with Gasteiger partial charge in [0.15, 0.2) is 0 Å². The number of hydrogen-bond acceptors (Lipinski definition) is 3. The van der Waals surface area contributed by atoms with E-state index >= 15 is 0 Å². The highest BCUT2D eigenvalue weighted by Gasteiger charge is 2.24. The standard InChI is InChI=1S/C14H12ClN3O2/c15-11-2-1-8-10-6-18(13(20)7-19)4-3-12(10)17-14(8)9(11)5-16/h1-2,17,19H,3-4,6-7H2. The number of rotatable bonds is 1. The van der Waals surface area contributed by atoms with E-state index in [4.69, 9.17) is 16.7 Å². The van der Waals surface area contributed by atoms with Gasteiger partial charge >= 0.3 is 0 Å². The SMILES string of the molecule is N#Cc1c(Cl)ccc2c3c([nH]c12)CCN(C(=O)CO)C3. The third kappa shape index (κ3) is 1.85. The van der Waals surface area contributed by atoms with E-state index in [1.54, 1.807) is 11.0 Å². The molecule has 5 nitrogen and oxygen atoms in total. The number of benzene rings is 1. The fourth-order valence-electron chi connectivity index (χ4n) is 2.68. The minimum atomic E-state index is -0.479. The first kappa shape index (κ1) is 13.0. The van der Waals surface area contributed by atoms with E-state index in [1.807, 2.05) is 6.07 Å². The van der Waals surface area contributed by atoms with E-state index in [-0.39, 0.29) is 5.91 Å². The van der Waals surface area contributed by atoms with Crippen molar-refractivity contribution >= 4 is 28.4 Å². The summed E-state index contributed by atoms with van der Waals surface area (Å²) in [5.74, 6) is -0.278. The van der Waals surface area contributed by atoms with Crippen LogP contribution in [0.25, 0.3) is 10.9 Å². The van der Waals surface area contributed by atoms with Gasteiger partial charge in [-0.1, -0.05) is 17.7 Å². The number of nitrogens with one attached hydrogen (secondary N) is 1. The molecule has 1 amide bonds. The Labute approximate surface area is 120 Å². The van der Waals surface area contributed by atoms with Crippen molar-refractivity contribution in [3.05, 3.63) is 34.0 Å². The number of H-pyrrole nitrogens is 1. The lowest BCUT2D eigenvalue weighted by atomic mass is 10.0. The van der Waals surface area contributed by atoms with Crippen molar-refractivity contribution in [1.82, 2.24) is 9.88 Å². The lowest BCUT2D eigenvalue weighted by Crippen LogP contribution is -2.37. The van der Waals surface area contributed by atoms with Crippen LogP contribution >= 0.6 is 11.6 Å². The van der Waals surface area contributed by atoms with E-state index in [0.29, 0.717) is 30.1 Å². The van der Waals surface area contributed by atoms with Crippen LogP contribution in [0, 0.1) is 11.3 Å². The van der Waals surface area contributed by atoms with E-state index in [0.717, 1.165) is 22.2 Å². The first-order valence-corrected chi connectivity index (χ1v) is 6.64. The molecule has 0 radical (unpaired) electrons. The molecule has 2 N–H and O–H groups in total. The van der Waals surface area contributed by atoms with Gasteiger partial charge in [0, 0.05) is 36.2 Å². The lowest BCUT2D eigenvalue weighted by Gasteiger charge is -2.26. The van der Waals surface area contributed by atoms with Crippen molar-refractivity contribution in [3.63, 3.8) is 0 Å². The van der Waals surface area contributed by atoms with Gasteiger partial charge in [-0.15, -0.1) is 0 Å². The topological polar surface area (TPSA) is 80.1 Å². The number of carbonyl (C=O) groups is 1. The number of halogens is 1. The van der Waals surface area contributed by atoms with Crippen LogP contribution in [0.15, 0.2) is 12.1 Å². The first-order valence-electron chi connectivity index (χ1n) is 6.26. The average molecular weight is 290 g/mol. The maximum atomic E-state index is 11.6. The molecule has 3 rings (SSSR count). The molecule has 0 bridgehead atoms. The molecule has 0 saturated heterocycles. The number of hydrogen-bond donors (Lipinski definition) is 2. The van der Waals surface area contributed by atoms with E-state index in [9.17, 15) is 10.1 Å². The molecule has 1 aliphatic rings. The summed E-state index contributed by atoms with van der Waals surface area (Å²) in [7, 11) is 0. The normalized spacial score (nSPS) is 14.2. The summed E-state index contributed by atoms with van der Waals surface area (Å²) in [5.41, 5.74) is 3.18. The Balaban J connectivity index is 2.13. The molecular weight excluding hydrogens is 278 g/mol. The summed E-state index contributed by atoms with van der Waals surface area (Å²) in [4.78, 5) is 16.5. The van der Waals surface area contributed by atoms with Crippen LogP contribution in [-0.4, -0.2) is 34.0 Å². The van der Waals surface area contributed by atoms with Crippen molar-refractivity contribution in [3.8, 4) is 6.07 Å². The minimum Gasteiger partial charge on any atom is -0.387 e. The largest absolute Gasteiger partial charge is 0.387 e. The maximum Gasteiger partial charge on any atom is 0.248 e. The predicted molar refractivity (Wildman–Crippen MR) is 74.2 cm³/mol. The van der Waals surface area contributed by atoms with Crippen LogP contribution in [0.1, 0.15) is 16.8 Å². The molecule has 0 aliphatic carbocycles. The van der Waals surface area contributed by atoms with Gasteiger partial charge in [-0.05, 0) is 6.07 Å². The molecule has 0 fully saturated rings. The van der Waals surface area contributed by atoms with E-state index in [1.165, 1.54) is 0 Å². The summed E-state index contributed by atoms with van der Waals surface area (Å²) in [6.45, 7) is 0.531. The van der Waals surface area contributed by atoms with Gasteiger partial charge in [-0.2, -0.15) is 5.26 Å². The Kier molecular flexibility index (Phi) is 3.13. The quantitative estimate of drug-likeness (QED) is 0.836. The van der Waals surface area contributed by atoms with Crippen LogP contribution in [0.5, 0.6) is 0 Å². The zero-order valence-electron chi connectivity index (χ0n) is 10.6. The highest BCUT2D eigenvalue weighted by molar-refractivity contribution is 6.32. The van der Waals surface area contributed by atoms with Gasteiger partial charge in [0.1, 0.15) is 12.7 Å². The molecule has 102 valence electrons. The number of amides is 1. The van der Waals surface area contributed by atoms with Crippen LogP contribution < -0.4 is 0 Å². The van der Waals surface area contributed by atoms with Gasteiger partial charge in [-0.3, -0.25) is 4.79 Å². The lowest BCUT2D eigenvalue weighted by molar-refractivity contribution is -0.135. The third-order valence-electron chi connectivity index (χ3n) is 3.70. The fraction of sp³-hybridized carbons (Fsp3) is 0.286. The summed E-state index contributed by atoms with van der Waals surface area (Å²) >= 11 is 6.03. The molecule has 0 unspecified atom stereocenters. The molecule has 0 spiro atoms. The second-order valence-electron chi connectivity index (χ2n) is 4.76. The Morgan fingerprint density at radius 1 is 1.55 bits per heavy atom. The number of nitriles is 1. The zero-order valence-corrected chi connectivity index (χ0v) is 11.4. The van der Waals surface area contributed by atoms with Gasteiger partial charge in [0.2, 0.25) is 5.91 Å². The average Bonchev–Trinajstić information content (AvgIpc) is 2.83. The molecule has 1 aliphatic heterocycles. The van der Waals surface area contributed by atoms with Crippen molar-refractivity contribution in [1.29, 1.82) is 5.26 Å². The van der Waals surface area contributed by atoms with Crippen LogP contribution in [-0.2, 0) is 17.8 Å². The first-order chi connectivity index (χ1) is 9.65. The molecule has 0 atom stereocenters. The Morgan fingerprint density at radius 3 is 3.05 bits per heavy atom. The van der Waals surface area contributed by atoms with Gasteiger partial charge in [0.05, 0.1) is 16.1 Å². The predicted octanol–water partition coefficient (Wildman–Crippen LogP) is 1.57. The van der Waals surface area contributed by atoms with Crippen molar-refractivity contribution in [2.45, 2.75) is 13.0 Å². The van der Waals surface area contributed by atoms with E-state index < -0.39 is 6.61 Å². The number of aromatic amines is 1. The Hall–Kier alpha value is -2.03. The van der Waals surface area contributed by atoms with Crippen molar-refractivity contribution in [2.24, 2.45) is 0 Å². The number of aromatic nitrogens is 1. The summed E-state index contributed by atoms with van der Waals surface area (Å²) in [6.07, 6.45) is 0.679. The number of nitrogens with zero attached hydrogens (tertiary/aromatic N) is 2. The molecule has 6 heteroatoms. The van der Waals surface area contributed by atoms with Crippen LogP contribution in [0.4, 0.5) is 0 Å². The summed E-state index contributed by atoms with van der Waals surface area (Å²) in [5, 5.41) is 19.5. The molecular formula is C14H12ClN3O2. The van der Waals surface area contributed by atoms with Crippen LogP contribution in [0.2, 0.25) is 5.02 Å². The van der Waals surface area contributed by atoms with Crippen molar-refractivity contribution in [2.75, 3.05) is 13.2 Å². The molecule has 1 aromatic carbocycles. The Bertz CT molecular complexity index is 745. The van der Waals surface area contributed by atoms with Crippen LogP contribution in [0.3, 0.4) is 0 Å². The molecule has 2 aromatic rings. The van der Waals surface area contributed by atoms with Gasteiger partial charge in [0.25, 0.3) is 0 Å². The van der Waals surface area contributed by atoms with Gasteiger partial charge < -0.3 is 15.0 Å². The second kappa shape index (κ2) is 4.82. The molecule has 1 aromatic heterocycles. The van der Waals surface area contributed by atoms with Crippen molar-refractivity contribution < 1.29 is 9.90 Å². The van der Waals surface area contributed by atoms with E-state index in [2.05, 4.69) is 11.1 Å². The smallest absolute Gasteiger partial charge is 0.248 e. The molecule has 20 heavy (non-hydrogen) atoms. The number of carbonyl (C=O) groups excluding carboxylic acids is 1. The number of fused-ring (bicyclic) bond motifs is 3. The third-order valence-corrected chi connectivity index (χ3v) is 4.02. The second-order valence-corrected chi connectivity index (χ2v) is 5.17. The molecule has 0 saturated carbocycles. The zero-order chi connectivity index (χ0) is 14.3. The highest BCUT2D eigenvalue weighted by atomic mass is 35.5. The summed E-state index contributed by atoms with van der Waals surface area (Å²) < 4.78 is 0. The number of aliphatic hydroxyl groups is 1. The Morgan fingerprint density at radius 2 is 2.35 bits per heavy atom. The highest BCUT2D eigenvalue weighted by Crippen LogP contribution is 2.32. The van der Waals surface area contributed by atoms with Gasteiger partial charge in [-0.25, -0.2) is 0 Å². The molecule has 2 heterocycles.